The molecule has 0 amide bonds. The van der Waals surface area contributed by atoms with Crippen LogP contribution in [-0.4, -0.2) is 33.6 Å². The third kappa shape index (κ3) is 11.3. The third-order valence-electron chi connectivity index (χ3n) is 12.2. The molecular weight excluding hydrogens is 913 g/mol. The van der Waals surface area contributed by atoms with Crippen LogP contribution in [-0.2, 0) is 6.42 Å². The predicted molar refractivity (Wildman–Crippen MR) is 289 cm³/mol. The molecule has 360 valence electrons. The minimum Gasteiger partial charge on any atom is -0.872 e. The SMILES string of the molecule is Nc1ccc(C(=C2C=CC(=[NH2+])C=C2)c2ccc(N)cc2)cc1.Nc1ccc(C(=C2C=CC(=[NH2+])C=C2)c2ccc(N)cc2)cc1.O=C(O)c1cc2ccccc2c(Cc2c([O-])c(C(=O)O)cc3ccccc23)c1[O-]. The molecule has 14 N–H and O–H groups in total. The van der Waals surface area contributed by atoms with Gasteiger partial charge in [-0.1, -0.05) is 109 Å². The summed E-state index contributed by atoms with van der Waals surface area (Å²) in [7, 11) is 0. The van der Waals surface area contributed by atoms with Crippen molar-refractivity contribution in [2.24, 2.45) is 0 Å². The highest BCUT2D eigenvalue weighted by Gasteiger charge is 2.18. The minimum absolute atomic E-state index is 0.158. The summed E-state index contributed by atoms with van der Waals surface area (Å²) in [5.74, 6) is -4.07. The average Bonchev–Trinajstić information content (AvgIpc) is 3.39. The maximum Gasteiger partial charge on any atom is 0.335 e. The number of carboxylic acids is 2. The van der Waals surface area contributed by atoms with Gasteiger partial charge in [-0.2, -0.15) is 0 Å². The van der Waals surface area contributed by atoms with E-state index in [1.54, 1.807) is 48.5 Å². The number of aromatic carboxylic acids is 2. The Bertz CT molecular complexity index is 3290. The molecule has 12 nitrogen and oxygen atoms in total. The Morgan fingerprint density at radius 1 is 0.411 bits per heavy atom. The molecule has 0 aliphatic heterocycles. The van der Waals surface area contributed by atoms with Crippen molar-refractivity contribution in [2.75, 3.05) is 22.9 Å². The van der Waals surface area contributed by atoms with Crippen molar-refractivity contribution in [2.45, 2.75) is 6.42 Å². The van der Waals surface area contributed by atoms with Gasteiger partial charge >= 0.3 is 11.9 Å². The van der Waals surface area contributed by atoms with Crippen molar-refractivity contribution in [3.63, 3.8) is 0 Å². The molecule has 2 aliphatic rings. The van der Waals surface area contributed by atoms with Crippen LogP contribution < -0.4 is 44.0 Å². The van der Waals surface area contributed by atoms with Gasteiger partial charge in [-0.25, -0.2) is 9.59 Å². The molecule has 73 heavy (non-hydrogen) atoms. The first-order chi connectivity index (χ1) is 35.1. The number of carbonyl (C=O) groups is 2. The monoisotopic (exact) mass is 962 g/mol. The van der Waals surface area contributed by atoms with E-state index in [0.29, 0.717) is 21.5 Å². The summed E-state index contributed by atoms with van der Waals surface area (Å²) < 4.78 is 0. The molecule has 10 rings (SSSR count). The number of hydrogen-bond donors (Lipinski definition) is 8. The molecule has 12 heteroatoms. The lowest BCUT2D eigenvalue weighted by Gasteiger charge is -2.24. The van der Waals surface area contributed by atoms with Crippen LogP contribution in [0.25, 0.3) is 32.7 Å². The second-order valence-electron chi connectivity index (χ2n) is 17.2. The molecule has 0 atom stereocenters. The van der Waals surface area contributed by atoms with Gasteiger partial charge in [0.25, 0.3) is 0 Å². The molecule has 8 aromatic carbocycles. The van der Waals surface area contributed by atoms with Gasteiger partial charge in [0.15, 0.2) is 11.4 Å². The Morgan fingerprint density at radius 2 is 0.685 bits per heavy atom. The van der Waals surface area contributed by atoms with Crippen LogP contribution in [0.4, 0.5) is 22.7 Å². The number of carboxylic acid groups (broad SMARTS) is 2. The number of fused-ring (bicyclic) bond motifs is 2. The third-order valence-corrected chi connectivity index (χ3v) is 12.2. The van der Waals surface area contributed by atoms with E-state index in [1.807, 2.05) is 146 Å². The van der Waals surface area contributed by atoms with Gasteiger partial charge < -0.3 is 43.4 Å². The van der Waals surface area contributed by atoms with Crippen molar-refractivity contribution < 1.29 is 40.8 Å². The van der Waals surface area contributed by atoms with Crippen LogP contribution >= 0.6 is 0 Å². The lowest BCUT2D eigenvalue weighted by molar-refractivity contribution is -0.270. The summed E-state index contributed by atoms with van der Waals surface area (Å²) in [5.41, 5.74) is 36.1. The Balaban J connectivity index is 0.000000148. The molecule has 8 aromatic rings. The second kappa shape index (κ2) is 21.6. The van der Waals surface area contributed by atoms with E-state index in [4.69, 9.17) is 33.8 Å². The van der Waals surface area contributed by atoms with Crippen LogP contribution in [0.2, 0.25) is 0 Å². The first-order valence-corrected chi connectivity index (χ1v) is 22.9. The van der Waals surface area contributed by atoms with Gasteiger partial charge in [-0.15, -0.1) is 0 Å². The van der Waals surface area contributed by atoms with Crippen molar-refractivity contribution >= 4 is 78.8 Å². The fourth-order valence-corrected chi connectivity index (χ4v) is 8.55. The van der Waals surface area contributed by atoms with E-state index in [2.05, 4.69) is 0 Å². The number of hydrogen-bond acceptors (Lipinski definition) is 8. The van der Waals surface area contributed by atoms with Crippen LogP contribution in [0.5, 0.6) is 11.5 Å². The van der Waals surface area contributed by atoms with E-state index in [-0.39, 0.29) is 28.7 Å². The summed E-state index contributed by atoms with van der Waals surface area (Å²) in [6.45, 7) is 0. The van der Waals surface area contributed by atoms with Gasteiger partial charge in [-0.05, 0) is 169 Å². The topological polar surface area (TPSA) is 276 Å². The lowest BCUT2D eigenvalue weighted by Crippen LogP contribution is -2.37. The Morgan fingerprint density at radius 3 is 0.959 bits per heavy atom. The molecule has 0 spiro atoms. The molecule has 0 unspecified atom stereocenters. The predicted octanol–water partition coefficient (Wildman–Crippen LogP) is 7.09. The lowest BCUT2D eigenvalue weighted by atomic mass is 9.90. The number of benzene rings is 8. The minimum atomic E-state index is -1.35. The van der Waals surface area contributed by atoms with Gasteiger partial charge in [-0.3, -0.25) is 10.8 Å². The van der Waals surface area contributed by atoms with Crippen molar-refractivity contribution in [3.8, 4) is 11.5 Å². The van der Waals surface area contributed by atoms with E-state index in [1.165, 1.54) is 12.1 Å². The molecule has 0 saturated carbocycles. The highest BCUT2D eigenvalue weighted by atomic mass is 16.4. The Labute approximate surface area is 420 Å². The van der Waals surface area contributed by atoms with Gasteiger partial charge in [0.1, 0.15) is 0 Å². The maximum atomic E-state index is 12.9. The van der Waals surface area contributed by atoms with Crippen molar-refractivity contribution in [1.82, 2.24) is 0 Å². The van der Waals surface area contributed by atoms with Crippen LogP contribution in [0.1, 0.15) is 54.1 Å². The molecule has 0 aromatic heterocycles. The zero-order valence-electron chi connectivity index (χ0n) is 39.3. The number of anilines is 4. The number of nitrogen functional groups attached to an aromatic ring is 4. The number of allylic oxidation sites excluding steroid dienone is 10. The molecule has 0 heterocycles. The van der Waals surface area contributed by atoms with Crippen LogP contribution in [0.15, 0.2) is 217 Å². The van der Waals surface area contributed by atoms with Gasteiger partial charge in [0.05, 0.1) is 11.1 Å². The number of rotatable bonds is 8. The smallest absolute Gasteiger partial charge is 0.335 e. The average molecular weight is 963 g/mol. The van der Waals surface area contributed by atoms with Gasteiger partial charge in [0, 0.05) is 47.1 Å². The Hall–Kier alpha value is -10.2. The molecule has 0 radical (unpaired) electrons. The van der Waals surface area contributed by atoms with E-state index in [9.17, 15) is 30.0 Å². The summed E-state index contributed by atoms with van der Waals surface area (Å²) in [6.07, 6.45) is 15.6. The fourth-order valence-electron chi connectivity index (χ4n) is 8.55. The van der Waals surface area contributed by atoms with E-state index >= 15 is 0 Å². The molecule has 0 bridgehead atoms. The molecule has 0 saturated heterocycles. The first-order valence-electron chi connectivity index (χ1n) is 22.9. The van der Waals surface area contributed by atoms with Crippen molar-refractivity contribution in [3.05, 3.63) is 262 Å². The largest absolute Gasteiger partial charge is 0.872 e. The van der Waals surface area contributed by atoms with Gasteiger partial charge in [0.2, 0.25) is 0 Å². The highest BCUT2D eigenvalue weighted by Crippen LogP contribution is 2.38. The zero-order chi connectivity index (χ0) is 51.8. The van der Waals surface area contributed by atoms with Crippen LogP contribution in [0, 0.1) is 0 Å². The summed E-state index contributed by atoms with van der Waals surface area (Å²) in [4.78, 5) is 23.1. The molecule has 0 fully saturated rings. The standard InChI is InChI=1S/C23H16O6.2C19H17N3/c24-20-16(14-7-3-1-5-12(14)9-18(20)22(26)27)11-17-15-8-4-2-6-13(15)10-19(21(17)25)23(28)29;2*20-16-7-1-13(2-8-16)19(14-3-9-17(21)10-4-14)15-5-11-18(22)12-6-15/h1-10,24-25H,11H2,(H,26,27)(H,28,29);2*1-12,20H,21-22H2. The molecule has 2 aliphatic carbocycles. The van der Waals surface area contributed by atoms with E-state index in [0.717, 1.165) is 78.7 Å². The maximum absolute atomic E-state index is 12.9. The molecular formula is C61H50N6O6. The highest BCUT2D eigenvalue weighted by molar-refractivity contribution is 6.05. The van der Waals surface area contributed by atoms with Crippen molar-refractivity contribution in [1.29, 1.82) is 0 Å². The number of nitrogens with two attached hydrogens (primary N) is 6. The fraction of sp³-hybridized carbons (Fsp3) is 0.0164. The zero-order valence-corrected chi connectivity index (χ0v) is 39.3. The van der Waals surface area contributed by atoms with Crippen LogP contribution in [0.3, 0.4) is 0 Å². The Kier molecular flexibility index (Phi) is 14.6. The van der Waals surface area contributed by atoms with E-state index < -0.39 is 23.4 Å². The summed E-state index contributed by atoms with van der Waals surface area (Å²) in [5, 5.41) is 58.4. The quantitative estimate of drug-likeness (QED) is 0.0716. The first kappa shape index (κ1) is 49.2. The second-order valence-corrected chi connectivity index (χ2v) is 17.2. The summed E-state index contributed by atoms with van der Waals surface area (Å²) >= 11 is 0. The summed E-state index contributed by atoms with van der Waals surface area (Å²) in [6, 6.07) is 47.7. The normalized spacial score (nSPS) is 12.5.